The minimum absolute atomic E-state index is 0.0906. The van der Waals surface area contributed by atoms with Gasteiger partial charge in [0.15, 0.2) is 0 Å². The van der Waals surface area contributed by atoms with E-state index < -0.39 is 0 Å². The molecule has 7 nitrogen and oxygen atoms in total. The van der Waals surface area contributed by atoms with Crippen LogP contribution in [0.3, 0.4) is 0 Å². The Morgan fingerprint density at radius 2 is 2.21 bits per heavy atom. The molecule has 0 bridgehead atoms. The number of hydrogen-bond acceptors (Lipinski definition) is 4. The van der Waals surface area contributed by atoms with Crippen molar-refractivity contribution in [2.75, 3.05) is 13.2 Å². The van der Waals surface area contributed by atoms with E-state index in [2.05, 4.69) is 20.9 Å². The quantitative estimate of drug-likeness (QED) is 0.881. The van der Waals surface area contributed by atoms with Gasteiger partial charge in [-0.3, -0.25) is 0 Å². The van der Waals surface area contributed by atoms with Crippen LogP contribution in [0.25, 0.3) is 5.69 Å². The van der Waals surface area contributed by atoms with Crippen molar-refractivity contribution in [2.24, 2.45) is 0 Å². The molecule has 3 rings (SSSR count). The summed E-state index contributed by atoms with van der Waals surface area (Å²) in [6, 6.07) is 7.58. The van der Waals surface area contributed by atoms with Gasteiger partial charge < -0.3 is 15.4 Å². The van der Waals surface area contributed by atoms with Gasteiger partial charge in [0.1, 0.15) is 0 Å². The van der Waals surface area contributed by atoms with Gasteiger partial charge in [-0.25, -0.2) is 9.48 Å². The van der Waals surface area contributed by atoms with E-state index in [1.165, 1.54) is 0 Å². The first kappa shape index (κ1) is 16.4. The van der Waals surface area contributed by atoms with Crippen LogP contribution in [0.15, 0.2) is 36.7 Å². The largest absolute Gasteiger partial charge is 0.373 e. The van der Waals surface area contributed by atoms with Gasteiger partial charge in [-0.1, -0.05) is 17.3 Å². The number of amides is 2. The fourth-order valence-electron chi connectivity index (χ4n) is 2.84. The Bertz CT molecular complexity index is 663. The number of hydrogen-bond donors (Lipinski definition) is 2. The van der Waals surface area contributed by atoms with E-state index in [1.54, 1.807) is 17.1 Å². The van der Waals surface area contributed by atoms with Crippen molar-refractivity contribution >= 4 is 6.03 Å². The van der Waals surface area contributed by atoms with Crippen LogP contribution in [0.1, 0.15) is 38.3 Å². The van der Waals surface area contributed by atoms with E-state index in [0.29, 0.717) is 6.54 Å². The zero-order chi connectivity index (χ0) is 17.0. The maximum atomic E-state index is 12.1. The monoisotopic (exact) mass is 329 g/mol. The summed E-state index contributed by atoms with van der Waals surface area (Å²) in [5.41, 5.74) is 1.72. The third-order valence-corrected chi connectivity index (χ3v) is 4.35. The molecule has 1 aromatic carbocycles. The lowest BCUT2D eigenvalue weighted by Crippen LogP contribution is -2.45. The Labute approximate surface area is 141 Å². The first-order valence-electron chi connectivity index (χ1n) is 8.21. The molecule has 1 fully saturated rings. The molecule has 2 amide bonds. The fourth-order valence-corrected chi connectivity index (χ4v) is 2.84. The molecule has 0 saturated carbocycles. The smallest absolute Gasteiger partial charge is 0.315 e. The molecule has 24 heavy (non-hydrogen) atoms. The molecule has 2 aromatic rings. The van der Waals surface area contributed by atoms with Crippen LogP contribution in [-0.4, -0.2) is 39.8 Å². The SMILES string of the molecule is C[C@@H](NC(=O)NC[C@]1(C)CCCO1)c1ccc(-n2ccnn2)cc1. The number of ether oxygens (including phenoxy) is 1. The van der Waals surface area contributed by atoms with Gasteiger partial charge in [0, 0.05) is 13.2 Å². The summed E-state index contributed by atoms with van der Waals surface area (Å²) in [4.78, 5) is 12.1. The number of urea groups is 1. The molecule has 1 aromatic heterocycles. The molecule has 0 radical (unpaired) electrons. The van der Waals surface area contributed by atoms with Crippen LogP contribution < -0.4 is 10.6 Å². The Morgan fingerprint density at radius 1 is 1.42 bits per heavy atom. The number of nitrogens with zero attached hydrogens (tertiary/aromatic N) is 3. The highest BCUT2D eigenvalue weighted by molar-refractivity contribution is 5.74. The first-order chi connectivity index (χ1) is 11.6. The van der Waals surface area contributed by atoms with E-state index >= 15 is 0 Å². The second kappa shape index (κ2) is 7.00. The Balaban J connectivity index is 1.52. The van der Waals surface area contributed by atoms with Gasteiger partial charge in [-0.2, -0.15) is 0 Å². The molecule has 7 heteroatoms. The second-order valence-corrected chi connectivity index (χ2v) is 6.39. The van der Waals surface area contributed by atoms with E-state index in [1.807, 2.05) is 38.1 Å². The van der Waals surface area contributed by atoms with Gasteiger partial charge in [-0.15, -0.1) is 5.10 Å². The molecule has 128 valence electrons. The van der Waals surface area contributed by atoms with Crippen LogP contribution in [0.5, 0.6) is 0 Å². The normalized spacial score (nSPS) is 21.4. The molecule has 2 atom stereocenters. The highest BCUT2D eigenvalue weighted by atomic mass is 16.5. The summed E-state index contributed by atoms with van der Waals surface area (Å²) in [5.74, 6) is 0. The van der Waals surface area contributed by atoms with Gasteiger partial charge >= 0.3 is 6.03 Å². The first-order valence-corrected chi connectivity index (χ1v) is 8.21. The standard InChI is InChI=1S/C17H23N5O2/c1-13(20-16(23)18-12-17(2)8-3-11-24-17)14-4-6-15(7-5-14)22-10-9-19-21-22/h4-7,9-10,13H,3,8,11-12H2,1-2H3,(H2,18,20,23)/t13-,17+/m1/s1. The summed E-state index contributed by atoms with van der Waals surface area (Å²) in [5, 5.41) is 13.6. The highest BCUT2D eigenvalue weighted by Crippen LogP contribution is 2.23. The Kier molecular flexibility index (Phi) is 4.80. The summed E-state index contributed by atoms with van der Waals surface area (Å²) in [7, 11) is 0. The van der Waals surface area contributed by atoms with Gasteiger partial charge in [0.05, 0.1) is 29.7 Å². The molecular weight excluding hydrogens is 306 g/mol. The molecule has 2 heterocycles. The summed E-state index contributed by atoms with van der Waals surface area (Å²) in [6.45, 7) is 5.29. The van der Waals surface area contributed by atoms with Crippen molar-refractivity contribution in [3.05, 3.63) is 42.2 Å². The fraction of sp³-hybridized carbons (Fsp3) is 0.471. The van der Waals surface area contributed by atoms with Crippen LogP contribution >= 0.6 is 0 Å². The third-order valence-electron chi connectivity index (χ3n) is 4.35. The van der Waals surface area contributed by atoms with Crippen molar-refractivity contribution in [1.82, 2.24) is 25.6 Å². The zero-order valence-corrected chi connectivity index (χ0v) is 14.0. The van der Waals surface area contributed by atoms with Crippen molar-refractivity contribution in [3.8, 4) is 5.69 Å². The molecule has 1 aliphatic rings. The number of carbonyl (C=O) groups excluding carboxylic acids is 1. The van der Waals surface area contributed by atoms with E-state index in [4.69, 9.17) is 4.74 Å². The van der Waals surface area contributed by atoms with E-state index in [0.717, 1.165) is 30.7 Å². The highest BCUT2D eigenvalue weighted by Gasteiger charge is 2.30. The predicted molar refractivity (Wildman–Crippen MR) is 89.9 cm³/mol. The van der Waals surface area contributed by atoms with Crippen LogP contribution in [-0.2, 0) is 4.74 Å². The van der Waals surface area contributed by atoms with Crippen molar-refractivity contribution in [2.45, 2.75) is 38.3 Å². The minimum Gasteiger partial charge on any atom is -0.373 e. The minimum atomic E-state index is -0.236. The second-order valence-electron chi connectivity index (χ2n) is 6.39. The third kappa shape index (κ3) is 3.91. The molecule has 0 unspecified atom stereocenters. The summed E-state index contributed by atoms with van der Waals surface area (Å²) in [6.07, 6.45) is 5.45. The van der Waals surface area contributed by atoms with Crippen LogP contribution in [0.2, 0.25) is 0 Å². The van der Waals surface area contributed by atoms with Gasteiger partial charge in [0.25, 0.3) is 0 Å². The van der Waals surface area contributed by atoms with E-state index in [-0.39, 0.29) is 17.7 Å². The van der Waals surface area contributed by atoms with E-state index in [9.17, 15) is 4.79 Å². The maximum absolute atomic E-state index is 12.1. The average Bonchev–Trinajstić information content (AvgIpc) is 3.25. The molecule has 1 aliphatic heterocycles. The Hall–Kier alpha value is -2.41. The lowest BCUT2D eigenvalue weighted by atomic mass is 10.0. The lowest BCUT2D eigenvalue weighted by molar-refractivity contribution is 0.0228. The van der Waals surface area contributed by atoms with Crippen molar-refractivity contribution in [3.63, 3.8) is 0 Å². The lowest BCUT2D eigenvalue weighted by Gasteiger charge is -2.24. The van der Waals surface area contributed by atoms with Gasteiger partial charge in [0.2, 0.25) is 0 Å². The number of benzene rings is 1. The predicted octanol–water partition coefficient (Wildman–Crippen LogP) is 2.20. The number of aromatic nitrogens is 3. The summed E-state index contributed by atoms with van der Waals surface area (Å²) >= 11 is 0. The summed E-state index contributed by atoms with van der Waals surface area (Å²) < 4.78 is 7.36. The number of rotatable bonds is 5. The number of nitrogens with one attached hydrogen (secondary N) is 2. The molecule has 0 aliphatic carbocycles. The Morgan fingerprint density at radius 3 is 2.83 bits per heavy atom. The molecule has 0 spiro atoms. The van der Waals surface area contributed by atoms with Gasteiger partial charge in [-0.05, 0) is 44.4 Å². The topological polar surface area (TPSA) is 81.1 Å². The molecule has 2 N–H and O–H groups in total. The van der Waals surface area contributed by atoms with Crippen LogP contribution in [0.4, 0.5) is 4.79 Å². The van der Waals surface area contributed by atoms with Crippen LogP contribution in [0, 0.1) is 0 Å². The average molecular weight is 329 g/mol. The maximum Gasteiger partial charge on any atom is 0.315 e. The zero-order valence-electron chi connectivity index (χ0n) is 14.0. The van der Waals surface area contributed by atoms with Crippen molar-refractivity contribution in [1.29, 1.82) is 0 Å². The van der Waals surface area contributed by atoms with Crippen molar-refractivity contribution < 1.29 is 9.53 Å². The molecular formula is C17H23N5O2. The molecule has 1 saturated heterocycles. The number of carbonyl (C=O) groups is 1.